The number of hydrogen-bond donors (Lipinski definition) is 3. The highest BCUT2D eigenvalue weighted by molar-refractivity contribution is 5.95. The summed E-state index contributed by atoms with van der Waals surface area (Å²) < 4.78 is 6.13. The fourth-order valence-electron chi connectivity index (χ4n) is 7.13. The predicted octanol–water partition coefficient (Wildman–Crippen LogP) is 2.30. The Labute approximate surface area is 182 Å². The molecule has 5 rings (SSSR count). The van der Waals surface area contributed by atoms with Gasteiger partial charge in [-0.1, -0.05) is 39.0 Å². The molecule has 0 aromatic carbocycles. The third kappa shape index (κ3) is 2.44. The van der Waals surface area contributed by atoms with Crippen molar-refractivity contribution in [1.29, 1.82) is 0 Å². The van der Waals surface area contributed by atoms with Crippen LogP contribution < -0.4 is 4.74 Å². The van der Waals surface area contributed by atoms with E-state index in [-0.39, 0.29) is 28.6 Å². The topological polar surface area (TPSA) is 99.9 Å². The second-order valence-corrected chi connectivity index (χ2v) is 10.5. The number of aliphatic hydroxyl groups is 3. The molecule has 0 amide bonds. The van der Waals surface area contributed by atoms with Gasteiger partial charge in [0.15, 0.2) is 17.5 Å². The van der Waals surface area contributed by atoms with Gasteiger partial charge in [-0.3, -0.25) is 4.79 Å². The molecule has 1 heterocycles. The van der Waals surface area contributed by atoms with Gasteiger partial charge in [-0.25, -0.2) is 4.98 Å². The quantitative estimate of drug-likeness (QED) is 0.643. The summed E-state index contributed by atoms with van der Waals surface area (Å²) >= 11 is 0. The summed E-state index contributed by atoms with van der Waals surface area (Å²) in [6, 6.07) is 5.24. The Morgan fingerprint density at radius 3 is 2.68 bits per heavy atom. The molecule has 1 aromatic rings. The number of aromatic nitrogens is 1. The first-order chi connectivity index (χ1) is 14.6. The number of rotatable bonds is 3. The van der Waals surface area contributed by atoms with Gasteiger partial charge in [0.1, 0.15) is 6.10 Å². The van der Waals surface area contributed by atoms with E-state index in [0.717, 1.165) is 6.42 Å². The summed E-state index contributed by atoms with van der Waals surface area (Å²) in [5.74, 6) is 0.0879. The van der Waals surface area contributed by atoms with E-state index in [2.05, 4.69) is 18.8 Å². The van der Waals surface area contributed by atoms with E-state index < -0.39 is 35.7 Å². The molecule has 2 fully saturated rings. The molecular formula is C25H31NO5. The number of aliphatic hydroxyl groups excluding tert-OH is 2. The minimum atomic E-state index is -1.94. The third-order valence-electron chi connectivity index (χ3n) is 8.77. The molecule has 0 unspecified atom stereocenters. The van der Waals surface area contributed by atoms with E-state index in [0.29, 0.717) is 17.4 Å². The highest BCUT2D eigenvalue weighted by Crippen LogP contribution is 2.71. The second-order valence-electron chi connectivity index (χ2n) is 10.5. The van der Waals surface area contributed by atoms with E-state index in [4.69, 9.17) is 4.74 Å². The zero-order valence-corrected chi connectivity index (χ0v) is 18.4. The van der Waals surface area contributed by atoms with Crippen LogP contribution in [0.15, 0.2) is 47.7 Å². The molecule has 1 aromatic heterocycles. The number of nitrogens with zero attached hydrogens (tertiary/aromatic N) is 1. The Morgan fingerprint density at radius 1 is 1.29 bits per heavy atom. The van der Waals surface area contributed by atoms with Gasteiger partial charge in [0.25, 0.3) is 0 Å². The Hall–Kier alpha value is -2.02. The van der Waals surface area contributed by atoms with Crippen molar-refractivity contribution in [3.63, 3.8) is 0 Å². The van der Waals surface area contributed by atoms with Gasteiger partial charge in [0, 0.05) is 18.2 Å². The van der Waals surface area contributed by atoms with Crippen LogP contribution in [0.1, 0.15) is 34.1 Å². The van der Waals surface area contributed by atoms with Crippen molar-refractivity contribution in [1.82, 2.24) is 4.98 Å². The Kier molecular flexibility index (Phi) is 4.37. The fraction of sp³-hybridized carbons (Fsp3) is 0.600. The van der Waals surface area contributed by atoms with Gasteiger partial charge in [-0.2, -0.15) is 0 Å². The monoisotopic (exact) mass is 425 g/mol. The fourth-order valence-corrected chi connectivity index (χ4v) is 7.13. The van der Waals surface area contributed by atoms with Gasteiger partial charge in [-0.05, 0) is 53.7 Å². The first-order valence-electron chi connectivity index (χ1n) is 11.1. The van der Waals surface area contributed by atoms with Crippen LogP contribution in [-0.4, -0.2) is 50.5 Å². The van der Waals surface area contributed by atoms with Gasteiger partial charge < -0.3 is 20.1 Å². The Balaban J connectivity index is 1.70. The lowest BCUT2D eigenvalue weighted by atomic mass is 9.59. The number of ketones is 1. The van der Waals surface area contributed by atoms with Crippen molar-refractivity contribution in [2.45, 2.75) is 51.9 Å². The molecule has 8 atom stereocenters. The first-order valence-corrected chi connectivity index (χ1v) is 11.1. The highest BCUT2D eigenvalue weighted by atomic mass is 16.5. The van der Waals surface area contributed by atoms with Crippen LogP contribution in [0, 0.1) is 34.5 Å². The number of Topliss-reactive ketones (excluding diaryl/α,β-unsaturated/α-hetero) is 1. The number of hydrogen-bond acceptors (Lipinski definition) is 6. The Bertz CT molecular complexity index is 985. The number of carbonyl (C=O) groups is 1. The standard InChI is InChI=1S/C25H31NO5/c1-13-11-24-14(2)9-17-19(23(17,3)4)16(21(24)29)10-15(12-27)20(28)25(24,30)22(13)31-18-7-5-6-8-26-18/h5-8,10-11,14,16-17,19-20,22,27-28,30H,9,12H2,1-4H3/t14-,16+,17-,19+,20-,22+,24+,25+/m1/s1. The van der Waals surface area contributed by atoms with E-state index in [1.54, 1.807) is 30.5 Å². The first kappa shape index (κ1) is 20.9. The van der Waals surface area contributed by atoms with Crippen molar-refractivity contribution in [2.24, 2.45) is 34.5 Å². The summed E-state index contributed by atoms with van der Waals surface area (Å²) in [6.45, 7) is 7.77. The summed E-state index contributed by atoms with van der Waals surface area (Å²) in [6.07, 6.45) is 3.56. The van der Waals surface area contributed by atoms with Crippen LogP contribution in [0.5, 0.6) is 5.88 Å². The molecule has 2 saturated carbocycles. The number of allylic oxidation sites excluding steroid dienone is 1. The molecule has 1 spiro atoms. The number of pyridine rings is 1. The minimum Gasteiger partial charge on any atom is -0.467 e. The molecule has 2 bridgehead atoms. The molecule has 4 aliphatic carbocycles. The van der Waals surface area contributed by atoms with Crippen LogP contribution in [0.3, 0.4) is 0 Å². The van der Waals surface area contributed by atoms with Crippen molar-refractivity contribution in [2.75, 3.05) is 6.61 Å². The average molecular weight is 426 g/mol. The van der Waals surface area contributed by atoms with Gasteiger partial charge in [0.2, 0.25) is 5.88 Å². The zero-order chi connectivity index (χ0) is 22.3. The van der Waals surface area contributed by atoms with Gasteiger partial charge >= 0.3 is 0 Å². The summed E-state index contributed by atoms with van der Waals surface area (Å²) in [5, 5.41) is 33.9. The molecule has 6 heteroatoms. The van der Waals surface area contributed by atoms with E-state index >= 15 is 0 Å². The lowest BCUT2D eigenvalue weighted by molar-refractivity contribution is -0.186. The highest BCUT2D eigenvalue weighted by Gasteiger charge is 2.76. The van der Waals surface area contributed by atoms with Gasteiger partial charge in [0.05, 0.1) is 12.0 Å². The third-order valence-corrected chi connectivity index (χ3v) is 8.77. The lowest BCUT2D eigenvalue weighted by Gasteiger charge is -2.48. The predicted molar refractivity (Wildman–Crippen MR) is 114 cm³/mol. The number of ether oxygens (including phenoxy) is 1. The minimum absolute atomic E-state index is 0.0158. The summed E-state index contributed by atoms with van der Waals surface area (Å²) in [5.41, 5.74) is -2.23. The smallest absolute Gasteiger partial charge is 0.213 e. The maximum Gasteiger partial charge on any atom is 0.213 e. The van der Waals surface area contributed by atoms with Crippen molar-refractivity contribution in [3.05, 3.63) is 47.7 Å². The number of fused-ring (bicyclic) bond motifs is 3. The van der Waals surface area contributed by atoms with Crippen molar-refractivity contribution < 1.29 is 24.9 Å². The molecular weight excluding hydrogens is 394 g/mol. The Morgan fingerprint density at radius 2 is 2.03 bits per heavy atom. The SMILES string of the molecule is CC1=C[C@]23C(=O)[C@@H](C=C(CO)[C@@H](O)[C@]2(O)[C@H]1Oc1ccccn1)[C@H]1[C@@H](C[C@H]3C)C1(C)C. The molecule has 0 radical (unpaired) electrons. The average Bonchev–Trinajstić information content (AvgIpc) is 3.23. The van der Waals surface area contributed by atoms with Crippen LogP contribution in [0.2, 0.25) is 0 Å². The maximum absolute atomic E-state index is 14.2. The van der Waals surface area contributed by atoms with Crippen LogP contribution in [0.25, 0.3) is 0 Å². The normalized spacial score (nSPS) is 44.9. The van der Waals surface area contributed by atoms with Gasteiger partial charge in [-0.15, -0.1) is 0 Å². The molecule has 166 valence electrons. The van der Waals surface area contributed by atoms with Crippen molar-refractivity contribution in [3.8, 4) is 5.88 Å². The molecule has 0 aliphatic heterocycles. The lowest BCUT2D eigenvalue weighted by Crippen LogP contribution is -2.66. The van der Waals surface area contributed by atoms with Crippen LogP contribution in [0.4, 0.5) is 0 Å². The second kappa shape index (κ2) is 6.50. The molecule has 3 N–H and O–H groups in total. The molecule has 0 saturated heterocycles. The summed E-state index contributed by atoms with van der Waals surface area (Å²) in [4.78, 5) is 18.4. The molecule has 4 aliphatic rings. The van der Waals surface area contributed by atoms with Crippen LogP contribution in [-0.2, 0) is 4.79 Å². The van der Waals surface area contributed by atoms with E-state index in [9.17, 15) is 20.1 Å². The largest absolute Gasteiger partial charge is 0.467 e. The zero-order valence-electron chi connectivity index (χ0n) is 18.4. The maximum atomic E-state index is 14.2. The number of carbonyl (C=O) groups excluding carboxylic acids is 1. The van der Waals surface area contributed by atoms with E-state index in [1.165, 1.54) is 0 Å². The molecule has 6 nitrogen and oxygen atoms in total. The molecule has 31 heavy (non-hydrogen) atoms. The van der Waals surface area contributed by atoms with Crippen molar-refractivity contribution >= 4 is 5.78 Å². The van der Waals surface area contributed by atoms with E-state index in [1.807, 2.05) is 19.9 Å². The summed E-state index contributed by atoms with van der Waals surface area (Å²) in [7, 11) is 0. The van der Waals surface area contributed by atoms with Crippen LogP contribution >= 0.6 is 0 Å².